The molecule has 0 radical (unpaired) electrons. The Hall–Kier alpha value is -1.89. The van der Waals surface area contributed by atoms with Crippen molar-refractivity contribution in [2.45, 2.75) is 31.8 Å². The average Bonchev–Trinajstić information content (AvgIpc) is 3.09. The van der Waals surface area contributed by atoms with Crippen molar-refractivity contribution in [1.82, 2.24) is 19.6 Å². The first-order chi connectivity index (χ1) is 10.1. The summed E-state index contributed by atoms with van der Waals surface area (Å²) in [6.07, 6.45) is 5.88. The zero-order valence-electron chi connectivity index (χ0n) is 11.7. The molecule has 1 unspecified atom stereocenters. The van der Waals surface area contributed by atoms with Crippen molar-refractivity contribution in [3.63, 3.8) is 0 Å². The molecular formula is C14H16N4O2S. The number of fused-ring (bicyclic) bond motifs is 1. The third-order valence-electron chi connectivity index (χ3n) is 4.35. The second kappa shape index (κ2) is 4.30. The van der Waals surface area contributed by atoms with Crippen LogP contribution in [0.3, 0.4) is 0 Å². The Kier molecular flexibility index (Phi) is 2.63. The number of piperazine rings is 1. The highest BCUT2D eigenvalue weighted by atomic mass is 32.1. The Labute approximate surface area is 125 Å². The first-order valence-corrected chi connectivity index (χ1v) is 7.96. The number of aromatic nitrogens is 2. The molecule has 1 aliphatic carbocycles. The van der Waals surface area contributed by atoms with E-state index in [9.17, 15) is 9.59 Å². The molecule has 2 amide bonds. The second-order valence-electron chi connectivity index (χ2n) is 6.01. The molecule has 21 heavy (non-hydrogen) atoms. The summed E-state index contributed by atoms with van der Waals surface area (Å²) in [5, 5.41) is 4.86. The third-order valence-corrected chi connectivity index (χ3v) is 5.13. The molecule has 1 saturated heterocycles. The van der Waals surface area contributed by atoms with Crippen LogP contribution in [0, 0.1) is 5.92 Å². The molecular weight excluding hydrogens is 288 g/mol. The summed E-state index contributed by atoms with van der Waals surface area (Å²) in [5.74, 6) is 0.216. The van der Waals surface area contributed by atoms with Gasteiger partial charge in [0.05, 0.1) is 12.2 Å². The molecule has 110 valence electrons. The largest absolute Gasteiger partial charge is 0.340 e. The van der Waals surface area contributed by atoms with E-state index in [0.29, 0.717) is 6.54 Å². The Morgan fingerprint density at radius 3 is 3.00 bits per heavy atom. The number of hydrogen-bond donors (Lipinski definition) is 1. The van der Waals surface area contributed by atoms with Crippen LogP contribution in [0.15, 0.2) is 17.8 Å². The molecule has 6 nitrogen and oxygen atoms in total. The normalized spacial score (nSPS) is 26.4. The van der Waals surface area contributed by atoms with E-state index in [2.05, 4.69) is 10.3 Å². The lowest BCUT2D eigenvalue weighted by Gasteiger charge is -2.39. The predicted octanol–water partition coefficient (Wildman–Crippen LogP) is 1.02. The zero-order valence-corrected chi connectivity index (χ0v) is 12.5. The lowest BCUT2D eigenvalue weighted by molar-refractivity contribution is -0.150. The van der Waals surface area contributed by atoms with Crippen LogP contribution in [0.2, 0.25) is 0 Å². The lowest BCUT2D eigenvalue weighted by atomic mass is 9.91. The molecule has 7 heteroatoms. The average molecular weight is 304 g/mol. The molecule has 4 rings (SSSR count). The minimum Gasteiger partial charge on any atom is -0.340 e. The molecule has 1 aliphatic heterocycles. The minimum atomic E-state index is -0.730. The fourth-order valence-corrected chi connectivity index (χ4v) is 3.79. The fraction of sp³-hybridized carbons (Fsp3) is 0.500. The van der Waals surface area contributed by atoms with Crippen LogP contribution in [0.25, 0.3) is 4.96 Å². The molecule has 2 aliphatic rings. The highest BCUT2D eigenvalue weighted by molar-refractivity contribution is 7.15. The van der Waals surface area contributed by atoms with Gasteiger partial charge in [0.25, 0.3) is 0 Å². The van der Waals surface area contributed by atoms with E-state index in [0.717, 1.165) is 23.5 Å². The summed E-state index contributed by atoms with van der Waals surface area (Å²) in [6, 6.07) is 0. The van der Waals surface area contributed by atoms with Crippen LogP contribution >= 0.6 is 11.3 Å². The number of rotatable bonds is 3. The summed E-state index contributed by atoms with van der Waals surface area (Å²) in [5.41, 5.74) is 0.0926. The van der Waals surface area contributed by atoms with E-state index >= 15 is 0 Å². The minimum absolute atomic E-state index is 0.0148. The maximum absolute atomic E-state index is 12.7. The standard InChI is InChI=1S/C14H16N4O2S/c1-14(9-2-3-9)12(20)18(8-11(19)16-14)7-10-6-17-4-5-21-13(17)15-10/h4-6,9H,2-3,7-8H2,1H3,(H,16,19). The van der Waals surface area contributed by atoms with E-state index < -0.39 is 5.54 Å². The van der Waals surface area contributed by atoms with Crippen molar-refractivity contribution in [2.75, 3.05) is 6.54 Å². The van der Waals surface area contributed by atoms with Gasteiger partial charge in [-0.25, -0.2) is 4.98 Å². The van der Waals surface area contributed by atoms with Crippen molar-refractivity contribution in [1.29, 1.82) is 0 Å². The SMILES string of the molecule is CC1(C2CC2)NC(=O)CN(Cc2cn3ccsc3n2)C1=O. The zero-order chi connectivity index (χ0) is 14.6. The van der Waals surface area contributed by atoms with Crippen LogP contribution in [-0.2, 0) is 16.1 Å². The van der Waals surface area contributed by atoms with Gasteiger partial charge in [0, 0.05) is 17.8 Å². The molecule has 2 aromatic heterocycles. The fourth-order valence-electron chi connectivity index (χ4n) is 3.07. The van der Waals surface area contributed by atoms with Gasteiger partial charge >= 0.3 is 0 Å². The van der Waals surface area contributed by atoms with E-state index in [1.54, 1.807) is 16.2 Å². The van der Waals surface area contributed by atoms with Gasteiger partial charge in [-0.2, -0.15) is 0 Å². The van der Waals surface area contributed by atoms with Gasteiger partial charge in [-0.3, -0.25) is 14.0 Å². The monoisotopic (exact) mass is 304 g/mol. The van der Waals surface area contributed by atoms with Gasteiger partial charge in [0.2, 0.25) is 11.8 Å². The predicted molar refractivity (Wildman–Crippen MR) is 77.8 cm³/mol. The molecule has 3 heterocycles. The summed E-state index contributed by atoms with van der Waals surface area (Å²) in [4.78, 5) is 31.7. The highest BCUT2D eigenvalue weighted by Gasteiger charge is 2.52. The van der Waals surface area contributed by atoms with Crippen LogP contribution in [0.1, 0.15) is 25.5 Å². The Bertz CT molecular complexity index is 704. The van der Waals surface area contributed by atoms with E-state index in [4.69, 9.17) is 0 Å². The molecule has 1 saturated carbocycles. The number of thiazole rings is 1. The molecule has 0 aromatic carbocycles. The summed E-state index contributed by atoms with van der Waals surface area (Å²) in [6.45, 7) is 2.36. The first kappa shape index (κ1) is 12.8. The van der Waals surface area contributed by atoms with Gasteiger partial charge in [-0.15, -0.1) is 11.3 Å². The number of carbonyl (C=O) groups excluding carboxylic acids is 2. The van der Waals surface area contributed by atoms with Gasteiger partial charge in [-0.1, -0.05) is 0 Å². The number of amides is 2. The number of hydrogen-bond acceptors (Lipinski definition) is 4. The van der Waals surface area contributed by atoms with Crippen molar-refractivity contribution in [3.8, 4) is 0 Å². The van der Waals surface area contributed by atoms with E-state index in [-0.39, 0.29) is 24.3 Å². The maximum atomic E-state index is 12.7. The lowest BCUT2D eigenvalue weighted by Crippen LogP contribution is -2.66. The summed E-state index contributed by atoms with van der Waals surface area (Å²) in [7, 11) is 0. The van der Waals surface area contributed by atoms with Crippen LogP contribution in [0.4, 0.5) is 0 Å². The smallest absolute Gasteiger partial charge is 0.249 e. The number of carbonyl (C=O) groups is 2. The highest BCUT2D eigenvalue weighted by Crippen LogP contribution is 2.41. The number of nitrogens with one attached hydrogen (secondary N) is 1. The van der Waals surface area contributed by atoms with Gasteiger partial charge in [0.1, 0.15) is 12.1 Å². The molecule has 1 N–H and O–H groups in total. The Morgan fingerprint density at radius 2 is 2.29 bits per heavy atom. The quantitative estimate of drug-likeness (QED) is 0.921. The molecule has 2 aromatic rings. The van der Waals surface area contributed by atoms with Crippen molar-refractivity contribution >= 4 is 28.1 Å². The molecule has 0 bridgehead atoms. The van der Waals surface area contributed by atoms with Gasteiger partial charge < -0.3 is 10.2 Å². The second-order valence-corrected chi connectivity index (χ2v) is 6.88. The number of imidazole rings is 1. The van der Waals surface area contributed by atoms with Crippen LogP contribution in [0.5, 0.6) is 0 Å². The third kappa shape index (κ3) is 2.03. The summed E-state index contributed by atoms with van der Waals surface area (Å²) >= 11 is 1.56. The Morgan fingerprint density at radius 1 is 1.48 bits per heavy atom. The molecule has 1 atom stereocenters. The van der Waals surface area contributed by atoms with E-state index in [1.807, 2.05) is 29.1 Å². The van der Waals surface area contributed by atoms with Crippen LogP contribution < -0.4 is 5.32 Å². The van der Waals surface area contributed by atoms with Gasteiger partial charge in [0.15, 0.2) is 4.96 Å². The number of nitrogens with zero attached hydrogens (tertiary/aromatic N) is 3. The molecule has 0 spiro atoms. The first-order valence-electron chi connectivity index (χ1n) is 7.08. The molecule has 2 fully saturated rings. The van der Waals surface area contributed by atoms with Crippen LogP contribution in [-0.4, -0.2) is 38.2 Å². The van der Waals surface area contributed by atoms with Crippen molar-refractivity contribution in [3.05, 3.63) is 23.5 Å². The van der Waals surface area contributed by atoms with E-state index in [1.165, 1.54) is 0 Å². The van der Waals surface area contributed by atoms with Crippen molar-refractivity contribution < 1.29 is 9.59 Å². The van der Waals surface area contributed by atoms with Crippen molar-refractivity contribution in [2.24, 2.45) is 5.92 Å². The topological polar surface area (TPSA) is 66.7 Å². The Balaban J connectivity index is 1.59. The maximum Gasteiger partial charge on any atom is 0.249 e. The van der Waals surface area contributed by atoms with Gasteiger partial charge in [-0.05, 0) is 25.7 Å². The summed E-state index contributed by atoms with van der Waals surface area (Å²) < 4.78 is 1.94.